The Morgan fingerprint density at radius 2 is 1.84 bits per heavy atom. The second kappa shape index (κ2) is 9.97. The van der Waals surface area contributed by atoms with E-state index in [4.69, 9.17) is 10.8 Å². The summed E-state index contributed by atoms with van der Waals surface area (Å²) in [7, 11) is 0. The van der Waals surface area contributed by atoms with Crippen LogP contribution in [0.2, 0.25) is 0 Å². The van der Waals surface area contributed by atoms with E-state index in [9.17, 15) is 18.8 Å². The molecule has 2 bridgehead atoms. The first-order valence-corrected chi connectivity index (χ1v) is 12.2. The molecule has 0 radical (unpaired) electrons. The van der Waals surface area contributed by atoms with Gasteiger partial charge in [-0.25, -0.2) is 18.7 Å². The summed E-state index contributed by atoms with van der Waals surface area (Å²) in [5.41, 5.74) is 7.97. The lowest BCUT2D eigenvalue weighted by atomic mass is 9.65. The van der Waals surface area contributed by atoms with Crippen LogP contribution >= 0.6 is 0 Å². The lowest BCUT2D eigenvalue weighted by Gasteiger charge is -2.40. The van der Waals surface area contributed by atoms with Gasteiger partial charge in [0.05, 0.1) is 28.8 Å². The zero-order chi connectivity index (χ0) is 26.1. The largest absolute Gasteiger partial charge is 0.481 e. The molecule has 1 unspecified atom stereocenters. The fourth-order valence-electron chi connectivity index (χ4n) is 5.55. The van der Waals surface area contributed by atoms with Crippen molar-refractivity contribution >= 4 is 22.7 Å². The van der Waals surface area contributed by atoms with Gasteiger partial charge in [0.2, 0.25) is 0 Å². The first kappa shape index (κ1) is 24.4. The van der Waals surface area contributed by atoms with Gasteiger partial charge in [0, 0.05) is 34.8 Å². The highest BCUT2D eigenvalue weighted by molar-refractivity contribution is 5.94. The van der Waals surface area contributed by atoms with Crippen molar-refractivity contribution in [3.05, 3.63) is 65.9 Å². The summed E-state index contributed by atoms with van der Waals surface area (Å²) in [6, 6.07) is 12.6. The smallest absolute Gasteiger partial charge is 0.306 e. The van der Waals surface area contributed by atoms with Crippen molar-refractivity contribution in [2.45, 2.75) is 32.1 Å². The summed E-state index contributed by atoms with van der Waals surface area (Å²) in [6.45, 7) is 0. The Bertz CT molecular complexity index is 1520. The maximum atomic E-state index is 13.9. The first-order valence-electron chi connectivity index (χ1n) is 12.2. The minimum Gasteiger partial charge on any atom is -0.481 e. The molecule has 0 aliphatic heterocycles. The Labute approximate surface area is 212 Å². The van der Waals surface area contributed by atoms with Crippen LogP contribution in [0.4, 0.5) is 14.6 Å². The van der Waals surface area contributed by atoms with Crippen molar-refractivity contribution in [3.8, 4) is 28.7 Å². The molecule has 1 atom stereocenters. The van der Waals surface area contributed by atoms with Crippen molar-refractivity contribution in [1.29, 1.82) is 5.26 Å². The molecule has 37 heavy (non-hydrogen) atoms. The number of aliphatic carboxylic acids is 1. The highest BCUT2D eigenvalue weighted by atomic mass is 19.1. The quantitative estimate of drug-likeness (QED) is 0.320. The molecule has 9 heteroatoms. The average molecular weight is 502 g/mol. The van der Waals surface area contributed by atoms with E-state index in [1.807, 2.05) is 0 Å². The number of carboxylic acid groups (broad SMARTS) is 1. The van der Waals surface area contributed by atoms with Crippen LogP contribution in [0.15, 0.2) is 48.7 Å². The van der Waals surface area contributed by atoms with E-state index >= 15 is 0 Å². The normalized spacial score (nSPS) is 20.2. The van der Waals surface area contributed by atoms with E-state index < -0.39 is 17.6 Å². The lowest BCUT2D eigenvalue weighted by Crippen LogP contribution is -2.35. The number of H-pyrrole nitrogens is 1. The summed E-state index contributed by atoms with van der Waals surface area (Å²) in [5.74, 6) is -0.312. The molecular formula is C28H25F2N5O2. The zero-order valence-electron chi connectivity index (χ0n) is 19.9. The van der Waals surface area contributed by atoms with E-state index in [1.165, 1.54) is 37.9 Å². The third-order valence-electron chi connectivity index (χ3n) is 7.38. The maximum Gasteiger partial charge on any atom is 0.306 e. The second-order valence-electron chi connectivity index (χ2n) is 9.63. The molecule has 4 N–H and O–H groups in total. The Morgan fingerprint density at radius 3 is 2.49 bits per heavy atom. The van der Waals surface area contributed by atoms with E-state index in [0.717, 1.165) is 18.4 Å². The lowest BCUT2D eigenvalue weighted by molar-refractivity contribution is -0.147. The Balaban J connectivity index is 0.000000212. The predicted molar refractivity (Wildman–Crippen MR) is 135 cm³/mol. The number of hydrogen-bond donors (Lipinski definition) is 3. The van der Waals surface area contributed by atoms with Gasteiger partial charge in [0.1, 0.15) is 17.5 Å². The standard InChI is InChI=1S/C19H11F2N5.C9H14O2/c20-11-5-13-14(9-24-18(13)15(21)6-11)19-25-16(7-17(23)26-19)12-4-2-1-3-10(12)8-22;10-9(11)8-5-6-1-3-7(8)4-2-6/h1-7,9,24H,(H2,23,25,26);6-8H,1-5H2,(H,10,11). The van der Waals surface area contributed by atoms with Gasteiger partial charge in [-0.2, -0.15) is 5.26 Å². The Kier molecular flexibility index (Phi) is 6.57. The highest BCUT2D eigenvalue weighted by Crippen LogP contribution is 2.44. The summed E-state index contributed by atoms with van der Waals surface area (Å²) in [5, 5.41) is 18.5. The van der Waals surface area contributed by atoms with E-state index in [-0.39, 0.29) is 23.1 Å². The average Bonchev–Trinajstić information content (AvgIpc) is 3.33. The van der Waals surface area contributed by atoms with Gasteiger partial charge >= 0.3 is 5.97 Å². The number of fused-ring (bicyclic) bond motifs is 4. The second-order valence-corrected chi connectivity index (χ2v) is 9.63. The number of nitrogens with two attached hydrogens (primary N) is 1. The monoisotopic (exact) mass is 501 g/mol. The summed E-state index contributed by atoms with van der Waals surface area (Å²) in [4.78, 5) is 22.2. The number of anilines is 1. The zero-order valence-corrected chi connectivity index (χ0v) is 19.9. The minimum atomic E-state index is -0.704. The number of nitrogens with one attached hydrogen (secondary N) is 1. The molecule has 3 saturated carbocycles. The molecule has 2 aromatic carbocycles. The highest BCUT2D eigenvalue weighted by Gasteiger charge is 2.39. The Hall–Kier alpha value is -4.32. The van der Waals surface area contributed by atoms with E-state index in [2.05, 4.69) is 21.0 Å². The van der Waals surface area contributed by atoms with Crippen LogP contribution in [0.5, 0.6) is 0 Å². The minimum absolute atomic E-state index is 0.00231. The van der Waals surface area contributed by atoms with E-state index in [0.29, 0.717) is 33.7 Å². The van der Waals surface area contributed by atoms with Gasteiger partial charge in [-0.05, 0) is 43.2 Å². The number of hydrogen-bond acceptors (Lipinski definition) is 5. The van der Waals surface area contributed by atoms with Crippen LogP contribution in [0.1, 0.15) is 37.7 Å². The summed E-state index contributed by atoms with van der Waals surface area (Å²) < 4.78 is 27.6. The van der Waals surface area contributed by atoms with Gasteiger partial charge < -0.3 is 15.8 Å². The number of nitrogens with zero attached hydrogens (tertiary/aromatic N) is 3. The van der Waals surface area contributed by atoms with Gasteiger partial charge in [-0.3, -0.25) is 4.79 Å². The van der Waals surface area contributed by atoms with Crippen molar-refractivity contribution in [3.63, 3.8) is 0 Å². The number of carbonyl (C=O) groups is 1. The van der Waals surface area contributed by atoms with Crippen molar-refractivity contribution in [2.24, 2.45) is 17.8 Å². The molecule has 2 aromatic heterocycles. The van der Waals surface area contributed by atoms with Crippen LogP contribution in [0.25, 0.3) is 33.5 Å². The number of carboxylic acids is 1. The fourth-order valence-corrected chi connectivity index (χ4v) is 5.55. The van der Waals surface area contributed by atoms with E-state index in [1.54, 1.807) is 30.3 Å². The number of benzene rings is 2. The number of aromatic amines is 1. The van der Waals surface area contributed by atoms with Gasteiger partial charge in [0.25, 0.3) is 0 Å². The number of halogens is 2. The Morgan fingerprint density at radius 1 is 1.08 bits per heavy atom. The molecule has 2 heterocycles. The van der Waals surface area contributed by atoms with Crippen molar-refractivity contribution in [1.82, 2.24) is 15.0 Å². The maximum absolute atomic E-state index is 13.9. The van der Waals surface area contributed by atoms with Gasteiger partial charge in [0.15, 0.2) is 5.82 Å². The van der Waals surface area contributed by atoms with Crippen LogP contribution < -0.4 is 5.73 Å². The molecule has 0 amide bonds. The van der Waals surface area contributed by atoms with Crippen LogP contribution in [-0.2, 0) is 4.79 Å². The van der Waals surface area contributed by atoms with Crippen molar-refractivity contribution in [2.75, 3.05) is 5.73 Å². The molecule has 0 saturated heterocycles. The third-order valence-corrected chi connectivity index (χ3v) is 7.38. The fraction of sp³-hybridized carbons (Fsp3) is 0.286. The topological polar surface area (TPSA) is 129 Å². The first-order chi connectivity index (χ1) is 17.8. The molecule has 3 fully saturated rings. The number of aromatic nitrogens is 3. The predicted octanol–water partition coefficient (Wildman–Crippen LogP) is 5.92. The SMILES string of the molecule is N#Cc1ccccc1-c1cc(N)nc(-c2c[nH]c3c(F)cc(F)cc23)n1.O=C(O)C1CC2CCC1CC2. The summed E-state index contributed by atoms with van der Waals surface area (Å²) >= 11 is 0. The van der Waals surface area contributed by atoms with Gasteiger partial charge in [-0.1, -0.05) is 31.0 Å². The molecule has 7 rings (SSSR count). The number of nitrogen functional groups attached to an aromatic ring is 1. The third kappa shape index (κ3) is 4.87. The molecule has 7 nitrogen and oxygen atoms in total. The van der Waals surface area contributed by atoms with Crippen LogP contribution in [0, 0.1) is 40.7 Å². The molecule has 188 valence electrons. The molecular weight excluding hydrogens is 476 g/mol. The number of rotatable bonds is 3. The van der Waals surface area contributed by atoms with Gasteiger partial charge in [-0.15, -0.1) is 0 Å². The van der Waals surface area contributed by atoms with Crippen LogP contribution in [-0.4, -0.2) is 26.0 Å². The van der Waals surface area contributed by atoms with Crippen LogP contribution in [0.3, 0.4) is 0 Å². The summed E-state index contributed by atoms with van der Waals surface area (Å²) in [6.07, 6.45) is 7.37. The van der Waals surface area contributed by atoms with Crippen molar-refractivity contribution < 1.29 is 18.7 Å². The number of nitriles is 1. The molecule has 3 aliphatic rings. The molecule has 4 aromatic rings. The molecule has 0 spiro atoms. The molecule has 3 aliphatic carbocycles.